The van der Waals surface area contributed by atoms with E-state index in [1.165, 1.54) is 12.8 Å². The Morgan fingerprint density at radius 1 is 1.38 bits per heavy atom. The van der Waals surface area contributed by atoms with Crippen molar-refractivity contribution in [2.24, 2.45) is 0 Å². The van der Waals surface area contributed by atoms with E-state index >= 15 is 0 Å². The van der Waals surface area contributed by atoms with Crippen molar-refractivity contribution in [2.75, 3.05) is 19.7 Å². The number of nitrogens with one attached hydrogen (secondary N) is 2. The van der Waals surface area contributed by atoms with Crippen LogP contribution >= 0.6 is 0 Å². The Morgan fingerprint density at radius 2 is 2.31 bits per heavy atom. The molecule has 1 amide bonds. The van der Waals surface area contributed by atoms with Crippen molar-refractivity contribution in [3.8, 4) is 0 Å². The number of hydrogen-bond donors (Lipinski definition) is 2. The third-order valence-electron chi connectivity index (χ3n) is 3.41. The first kappa shape index (κ1) is 11.9. The molecule has 0 spiro atoms. The van der Waals surface area contributed by atoms with Gasteiger partial charge in [-0.15, -0.1) is 0 Å². The predicted octanol–water partition coefficient (Wildman–Crippen LogP) is 0.814. The van der Waals surface area contributed by atoms with Crippen LogP contribution in [0.5, 0.6) is 0 Å². The van der Waals surface area contributed by atoms with Gasteiger partial charge in [-0.1, -0.05) is 0 Å². The van der Waals surface area contributed by atoms with Gasteiger partial charge in [0.25, 0.3) is 0 Å². The number of ether oxygens (including phenoxy) is 1. The molecule has 0 aromatic heterocycles. The maximum Gasteiger partial charge on any atom is 0.221 e. The highest BCUT2D eigenvalue weighted by Crippen LogP contribution is 2.14. The fraction of sp³-hybridized carbons (Fsp3) is 0.917. The van der Waals surface area contributed by atoms with Crippen LogP contribution in [0.2, 0.25) is 0 Å². The zero-order valence-corrected chi connectivity index (χ0v) is 9.84. The molecule has 0 aromatic rings. The van der Waals surface area contributed by atoms with E-state index in [-0.39, 0.29) is 5.91 Å². The van der Waals surface area contributed by atoms with Crippen LogP contribution in [0.15, 0.2) is 0 Å². The highest BCUT2D eigenvalue weighted by molar-refractivity contribution is 5.76. The van der Waals surface area contributed by atoms with Crippen molar-refractivity contribution >= 4 is 5.91 Å². The zero-order valence-electron chi connectivity index (χ0n) is 9.84. The number of carbonyl (C=O) groups excluding carboxylic acids is 1. The average Bonchev–Trinajstić information content (AvgIpc) is 2.90. The summed E-state index contributed by atoms with van der Waals surface area (Å²) in [5.41, 5.74) is 0. The normalized spacial score (nSPS) is 29.5. The lowest BCUT2D eigenvalue weighted by atomic mass is 10.1. The monoisotopic (exact) mass is 226 g/mol. The van der Waals surface area contributed by atoms with Gasteiger partial charge in [-0.25, -0.2) is 0 Å². The smallest absolute Gasteiger partial charge is 0.221 e. The van der Waals surface area contributed by atoms with E-state index < -0.39 is 0 Å². The predicted molar refractivity (Wildman–Crippen MR) is 62.2 cm³/mol. The molecule has 2 atom stereocenters. The fourth-order valence-electron chi connectivity index (χ4n) is 2.47. The minimum atomic E-state index is 0.178. The lowest BCUT2D eigenvalue weighted by Crippen LogP contribution is -2.33. The van der Waals surface area contributed by atoms with Gasteiger partial charge in [-0.2, -0.15) is 0 Å². The third kappa shape index (κ3) is 3.76. The second-order valence-corrected chi connectivity index (χ2v) is 4.77. The maximum absolute atomic E-state index is 11.6. The minimum absolute atomic E-state index is 0.178. The highest BCUT2D eigenvalue weighted by atomic mass is 16.5. The topological polar surface area (TPSA) is 50.4 Å². The van der Waals surface area contributed by atoms with Crippen molar-refractivity contribution in [3.63, 3.8) is 0 Å². The number of rotatable bonds is 5. The van der Waals surface area contributed by atoms with Crippen molar-refractivity contribution in [3.05, 3.63) is 0 Å². The molecule has 0 aliphatic carbocycles. The van der Waals surface area contributed by atoms with Crippen LogP contribution in [-0.2, 0) is 9.53 Å². The van der Waals surface area contributed by atoms with Gasteiger partial charge in [-0.3, -0.25) is 4.79 Å². The lowest BCUT2D eigenvalue weighted by molar-refractivity contribution is -0.121. The minimum Gasteiger partial charge on any atom is -0.378 e. The summed E-state index contributed by atoms with van der Waals surface area (Å²) in [5.74, 6) is 0.178. The maximum atomic E-state index is 11.6. The first-order chi connectivity index (χ1) is 7.84. The fourth-order valence-corrected chi connectivity index (χ4v) is 2.47. The van der Waals surface area contributed by atoms with Gasteiger partial charge in [0, 0.05) is 25.6 Å². The van der Waals surface area contributed by atoms with Crippen LogP contribution in [0.4, 0.5) is 0 Å². The summed E-state index contributed by atoms with van der Waals surface area (Å²) in [4.78, 5) is 11.6. The molecule has 0 aromatic carbocycles. The summed E-state index contributed by atoms with van der Waals surface area (Å²) < 4.78 is 5.50. The molecule has 2 N–H and O–H groups in total. The molecule has 2 saturated heterocycles. The molecule has 92 valence electrons. The second-order valence-electron chi connectivity index (χ2n) is 4.77. The molecule has 4 nitrogen and oxygen atoms in total. The first-order valence-corrected chi connectivity index (χ1v) is 6.46. The highest BCUT2D eigenvalue weighted by Gasteiger charge is 2.18. The molecule has 0 radical (unpaired) electrons. The van der Waals surface area contributed by atoms with Gasteiger partial charge in [0.2, 0.25) is 5.91 Å². The Labute approximate surface area is 97.1 Å². The second kappa shape index (κ2) is 6.21. The molecule has 2 aliphatic heterocycles. The quantitative estimate of drug-likeness (QED) is 0.729. The van der Waals surface area contributed by atoms with Crippen molar-refractivity contribution in [1.29, 1.82) is 0 Å². The molecule has 2 rings (SSSR count). The van der Waals surface area contributed by atoms with Gasteiger partial charge in [0.05, 0.1) is 6.10 Å². The lowest BCUT2D eigenvalue weighted by Gasteiger charge is -2.12. The van der Waals surface area contributed by atoms with E-state index in [9.17, 15) is 4.79 Å². The van der Waals surface area contributed by atoms with E-state index in [1.807, 2.05) is 0 Å². The van der Waals surface area contributed by atoms with E-state index in [4.69, 9.17) is 4.74 Å². The summed E-state index contributed by atoms with van der Waals surface area (Å²) in [5, 5.41) is 6.31. The Balaban J connectivity index is 1.52. The molecule has 4 heteroatoms. The number of amides is 1. The Morgan fingerprint density at radius 3 is 3.00 bits per heavy atom. The molecule has 0 saturated carbocycles. The number of hydrogen-bond acceptors (Lipinski definition) is 3. The van der Waals surface area contributed by atoms with Gasteiger partial charge in [0.1, 0.15) is 0 Å². The van der Waals surface area contributed by atoms with E-state index in [1.54, 1.807) is 0 Å². The van der Waals surface area contributed by atoms with Gasteiger partial charge in [-0.05, 0) is 38.6 Å². The van der Waals surface area contributed by atoms with Crippen LogP contribution in [0.3, 0.4) is 0 Å². The van der Waals surface area contributed by atoms with Crippen molar-refractivity contribution in [2.45, 2.75) is 50.7 Å². The molecule has 0 bridgehead atoms. The van der Waals surface area contributed by atoms with Crippen LogP contribution in [0, 0.1) is 0 Å². The van der Waals surface area contributed by atoms with Gasteiger partial charge in [0.15, 0.2) is 0 Å². The molecular weight excluding hydrogens is 204 g/mol. The Kier molecular flexibility index (Phi) is 4.60. The summed E-state index contributed by atoms with van der Waals surface area (Å²) in [6, 6.07) is 0.405. The van der Waals surface area contributed by atoms with Crippen LogP contribution in [0.1, 0.15) is 38.5 Å². The molecule has 2 aliphatic rings. The largest absolute Gasteiger partial charge is 0.378 e. The summed E-state index contributed by atoms with van der Waals surface area (Å²) in [6.07, 6.45) is 6.64. The first-order valence-electron chi connectivity index (χ1n) is 6.46. The van der Waals surface area contributed by atoms with Gasteiger partial charge >= 0.3 is 0 Å². The van der Waals surface area contributed by atoms with Crippen molar-refractivity contribution < 1.29 is 9.53 Å². The van der Waals surface area contributed by atoms with E-state index in [0.717, 1.165) is 39.0 Å². The molecule has 2 fully saturated rings. The van der Waals surface area contributed by atoms with E-state index in [0.29, 0.717) is 18.6 Å². The van der Waals surface area contributed by atoms with Crippen LogP contribution in [-0.4, -0.2) is 37.7 Å². The summed E-state index contributed by atoms with van der Waals surface area (Å²) >= 11 is 0. The SMILES string of the molecule is O=C(CC1CCCN1)NCCC1CCCO1. The van der Waals surface area contributed by atoms with Crippen LogP contribution in [0.25, 0.3) is 0 Å². The van der Waals surface area contributed by atoms with Crippen LogP contribution < -0.4 is 10.6 Å². The molecular formula is C12H22N2O2. The summed E-state index contributed by atoms with van der Waals surface area (Å²) in [6.45, 7) is 2.72. The van der Waals surface area contributed by atoms with Crippen molar-refractivity contribution in [1.82, 2.24) is 10.6 Å². The Bertz CT molecular complexity index is 221. The zero-order chi connectivity index (χ0) is 11.2. The summed E-state index contributed by atoms with van der Waals surface area (Å²) in [7, 11) is 0. The van der Waals surface area contributed by atoms with E-state index in [2.05, 4.69) is 10.6 Å². The Hall–Kier alpha value is -0.610. The van der Waals surface area contributed by atoms with Gasteiger partial charge < -0.3 is 15.4 Å². The third-order valence-corrected chi connectivity index (χ3v) is 3.41. The standard InChI is InChI=1S/C12H22N2O2/c15-12(9-10-3-1-6-13-10)14-7-5-11-4-2-8-16-11/h10-11,13H,1-9H2,(H,14,15). The molecule has 2 unspecified atom stereocenters. The number of carbonyl (C=O) groups is 1. The molecule has 16 heavy (non-hydrogen) atoms. The molecule has 2 heterocycles. The average molecular weight is 226 g/mol.